The predicted octanol–water partition coefficient (Wildman–Crippen LogP) is 4.06. The minimum absolute atomic E-state index is 0.0745. The van der Waals surface area contributed by atoms with E-state index in [9.17, 15) is 13.6 Å². The van der Waals surface area contributed by atoms with Gasteiger partial charge in [0.05, 0.1) is 13.0 Å². The SMILES string of the molecule is CCCCCCC(CC(=O)OCC)=C(F)F. The number of hydrogen-bond donors (Lipinski definition) is 0. The lowest BCUT2D eigenvalue weighted by Crippen LogP contribution is -2.05. The number of carbonyl (C=O) groups is 1. The molecule has 0 atom stereocenters. The van der Waals surface area contributed by atoms with Crippen molar-refractivity contribution in [2.75, 3.05) is 6.61 Å². The Morgan fingerprint density at radius 1 is 1.12 bits per heavy atom. The molecule has 0 aromatic carbocycles. The van der Waals surface area contributed by atoms with Crippen molar-refractivity contribution >= 4 is 5.97 Å². The molecule has 94 valence electrons. The minimum atomic E-state index is -1.73. The van der Waals surface area contributed by atoms with E-state index in [1.807, 2.05) is 0 Å². The standard InChI is InChI=1S/C12H20F2O2/c1-3-5-6-7-8-10(12(13)14)9-11(15)16-4-2/h3-9H2,1-2H3. The zero-order chi connectivity index (χ0) is 12.4. The monoisotopic (exact) mass is 234 g/mol. The van der Waals surface area contributed by atoms with Crippen molar-refractivity contribution in [1.82, 2.24) is 0 Å². The summed E-state index contributed by atoms with van der Waals surface area (Å²) in [4.78, 5) is 11.1. The Bertz CT molecular complexity index is 233. The van der Waals surface area contributed by atoms with Crippen molar-refractivity contribution < 1.29 is 18.3 Å². The molecule has 0 unspecified atom stereocenters. The summed E-state index contributed by atoms with van der Waals surface area (Å²) in [6.07, 6.45) is 2.03. The normalized spacial score (nSPS) is 10.0. The molecule has 0 saturated heterocycles. The number of unbranched alkanes of at least 4 members (excludes halogenated alkanes) is 3. The molecule has 0 amide bonds. The highest BCUT2D eigenvalue weighted by Crippen LogP contribution is 2.20. The van der Waals surface area contributed by atoms with E-state index in [2.05, 4.69) is 11.7 Å². The van der Waals surface area contributed by atoms with E-state index >= 15 is 0 Å². The van der Waals surface area contributed by atoms with Crippen LogP contribution in [0.1, 0.15) is 52.4 Å². The molecule has 0 aliphatic heterocycles. The molecule has 0 heterocycles. The highest BCUT2D eigenvalue weighted by atomic mass is 19.3. The summed E-state index contributed by atoms with van der Waals surface area (Å²) in [6, 6.07) is 0. The first-order valence-electron chi connectivity index (χ1n) is 5.80. The van der Waals surface area contributed by atoms with Gasteiger partial charge < -0.3 is 4.74 Å². The van der Waals surface area contributed by atoms with Gasteiger partial charge in [0.1, 0.15) is 0 Å². The van der Waals surface area contributed by atoms with Gasteiger partial charge in [-0.25, -0.2) is 0 Å². The number of hydrogen-bond acceptors (Lipinski definition) is 2. The number of rotatable bonds is 8. The van der Waals surface area contributed by atoms with Gasteiger partial charge in [-0.3, -0.25) is 4.79 Å². The summed E-state index contributed by atoms with van der Waals surface area (Å²) in [7, 11) is 0. The van der Waals surface area contributed by atoms with Gasteiger partial charge in [-0.2, -0.15) is 8.78 Å². The summed E-state index contributed by atoms with van der Waals surface area (Å²) in [5.74, 6) is -0.569. The molecule has 0 aromatic rings. The first kappa shape index (κ1) is 15.1. The molecule has 0 aliphatic carbocycles. The van der Waals surface area contributed by atoms with Crippen molar-refractivity contribution in [3.05, 3.63) is 11.7 Å². The number of halogens is 2. The molecule has 0 saturated carbocycles. The maximum Gasteiger partial charge on any atom is 0.310 e. The maximum atomic E-state index is 12.5. The number of esters is 1. The van der Waals surface area contributed by atoms with Crippen LogP contribution in [0.2, 0.25) is 0 Å². The summed E-state index contributed by atoms with van der Waals surface area (Å²) in [5, 5.41) is 0. The molecule has 2 nitrogen and oxygen atoms in total. The third-order valence-electron chi connectivity index (χ3n) is 2.26. The Kier molecular flexibility index (Phi) is 8.77. The Labute approximate surface area is 95.7 Å². The molecule has 0 spiro atoms. The van der Waals surface area contributed by atoms with E-state index in [1.165, 1.54) is 0 Å². The molecule has 0 fully saturated rings. The van der Waals surface area contributed by atoms with Gasteiger partial charge in [0, 0.05) is 5.57 Å². The molecule has 0 rings (SSSR count). The second-order valence-corrected chi connectivity index (χ2v) is 3.66. The van der Waals surface area contributed by atoms with Crippen LogP contribution in [-0.4, -0.2) is 12.6 Å². The lowest BCUT2D eigenvalue weighted by molar-refractivity contribution is -0.142. The maximum absolute atomic E-state index is 12.5. The third-order valence-corrected chi connectivity index (χ3v) is 2.26. The van der Waals surface area contributed by atoms with Gasteiger partial charge in [-0.15, -0.1) is 0 Å². The van der Waals surface area contributed by atoms with Crippen LogP contribution in [0, 0.1) is 0 Å². The second-order valence-electron chi connectivity index (χ2n) is 3.66. The van der Waals surface area contributed by atoms with E-state index in [1.54, 1.807) is 6.92 Å². The molecule has 0 N–H and O–H groups in total. The second kappa shape index (κ2) is 9.31. The number of ether oxygens (including phenoxy) is 1. The van der Waals surface area contributed by atoms with Crippen LogP contribution in [0.3, 0.4) is 0 Å². The van der Waals surface area contributed by atoms with Gasteiger partial charge in [0.15, 0.2) is 0 Å². The summed E-state index contributed by atoms with van der Waals surface area (Å²) in [6.45, 7) is 3.95. The van der Waals surface area contributed by atoms with Crippen LogP contribution in [0.15, 0.2) is 11.7 Å². The van der Waals surface area contributed by atoms with Crippen molar-refractivity contribution in [1.29, 1.82) is 0 Å². The van der Waals surface area contributed by atoms with Crippen LogP contribution in [0.25, 0.3) is 0 Å². The fourth-order valence-electron chi connectivity index (χ4n) is 1.40. The largest absolute Gasteiger partial charge is 0.466 e. The van der Waals surface area contributed by atoms with Gasteiger partial charge >= 0.3 is 5.97 Å². The topological polar surface area (TPSA) is 26.3 Å². The van der Waals surface area contributed by atoms with Gasteiger partial charge in [0.2, 0.25) is 0 Å². The molecule has 0 radical (unpaired) electrons. The molecule has 16 heavy (non-hydrogen) atoms. The Morgan fingerprint density at radius 2 is 1.81 bits per heavy atom. The summed E-state index contributed by atoms with van der Waals surface area (Å²) in [5.41, 5.74) is -0.0745. The van der Waals surface area contributed by atoms with Crippen LogP contribution in [0.5, 0.6) is 0 Å². The Balaban J connectivity index is 4.00. The van der Waals surface area contributed by atoms with Crippen molar-refractivity contribution in [2.24, 2.45) is 0 Å². The molecule has 0 bridgehead atoms. The predicted molar refractivity (Wildman–Crippen MR) is 59.3 cm³/mol. The molecule has 0 aliphatic rings. The van der Waals surface area contributed by atoms with Crippen molar-refractivity contribution in [3.8, 4) is 0 Å². The van der Waals surface area contributed by atoms with E-state index in [0.717, 1.165) is 19.3 Å². The van der Waals surface area contributed by atoms with Crippen molar-refractivity contribution in [2.45, 2.75) is 52.4 Å². The molecular weight excluding hydrogens is 214 g/mol. The fraction of sp³-hybridized carbons (Fsp3) is 0.750. The molecule has 4 heteroatoms. The highest BCUT2D eigenvalue weighted by molar-refractivity contribution is 5.72. The van der Waals surface area contributed by atoms with Crippen LogP contribution < -0.4 is 0 Å². The van der Waals surface area contributed by atoms with Gasteiger partial charge in [0.25, 0.3) is 6.08 Å². The van der Waals surface area contributed by atoms with Crippen LogP contribution >= 0.6 is 0 Å². The summed E-state index contributed by atoms with van der Waals surface area (Å²) >= 11 is 0. The average Bonchev–Trinajstić information content (AvgIpc) is 2.22. The Morgan fingerprint density at radius 3 is 2.31 bits per heavy atom. The van der Waals surface area contributed by atoms with Crippen LogP contribution in [0.4, 0.5) is 8.78 Å². The first-order valence-corrected chi connectivity index (χ1v) is 5.80. The zero-order valence-electron chi connectivity index (χ0n) is 10.0. The van der Waals surface area contributed by atoms with Crippen molar-refractivity contribution in [3.63, 3.8) is 0 Å². The molecule has 0 aromatic heterocycles. The van der Waals surface area contributed by atoms with E-state index < -0.39 is 12.0 Å². The molecular formula is C12H20F2O2. The zero-order valence-corrected chi connectivity index (χ0v) is 10.0. The van der Waals surface area contributed by atoms with Crippen LogP contribution in [-0.2, 0) is 9.53 Å². The summed E-state index contributed by atoms with van der Waals surface area (Å²) < 4.78 is 29.6. The quantitative estimate of drug-likeness (QED) is 0.467. The van der Waals surface area contributed by atoms with E-state index in [0.29, 0.717) is 12.8 Å². The van der Waals surface area contributed by atoms with E-state index in [-0.39, 0.29) is 18.6 Å². The minimum Gasteiger partial charge on any atom is -0.466 e. The first-order chi connectivity index (χ1) is 7.61. The number of carbonyl (C=O) groups excluding carboxylic acids is 1. The third kappa shape index (κ3) is 7.37. The lowest BCUT2D eigenvalue weighted by Gasteiger charge is -2.06. The highest BCUT2D eigenvalue weighted by Gasteiger charge is 2.12. The van der Waals surface area contributed by atoms with E-state index in [4.69, 9.17) is 0 Å². The van der Waals surface area contributed by atoms with Gasteiger partial charge in [-0.05, 0) is 19.8 Å². The Hall–Kier alpha value is -0.930. The fourth-order valence-corrected chi connectivity index (χ4v) is 1.40. The average molecular weight is 234 g/mol. The smallest absolute Gasteiger partial charge is 0.310 e. The lowest BCUT2D eigenvalue weighted by atomic mass is 10.1. The van der Waals surface area contributed by atoms with Gasteiger partial charge in [-0.1, -0.05) is 26.2 Å².